The SMILES string of the molecule is CCNC(=NCc1ccccc1F)NCC(=O)N1CCCc2ccccc21. The number of benzene rings is 2. The fourth-order valence-electron chi connectivity index (χ4n) is 3.18. The molecule has 0 bridgehead atoms. The Kier molecular flexibility index (Phi) is 6.41. The zero-order chi connectivity index (χ0) is 19.1. The smallest absolute Gasteiger partial charge is 0.246 e. The van der Waals surface area contributed by atoms with Gasteiger partial charge in [0.05, 0.1) is 13.1 Å². The molecule has 0 atom stereocenters. The monoisotopic (exact) mass is 368 g/mol. The summed E-state index contributed by atoms with van der Waals surface area (Å²) < 4.78 is 13.8. The van der Waals surface area contributed by atoms with Crippen molar-refractivity contribution >= 4 is 17.6 Å². The van der Waals surface area contributed by atoms with Gasteiger partial charge in [-0.3, -0.25) is 4.79 Å². The molecule has 0 spiro atoms. The van der Waals surface area contributed by atoms with Crippen molar-refractivity contribution in [1.29, 1.82) is 0 Å². The largest absolute Gasteiger partial charge is 0.357 e. The number of amides is 1. The summed E-state index contributed by atoms with van der Waals surface area (Å²) >= 11 is 0. The van der Waals surface area contributed by atoms with E-state index in [0.29, 0.717) is 18.1 Å². The molecule has 0 fully saturated rings. The first kappa shape index (κ1) is 18.9. The van der Waals surface area contributed by atoms with Gasteiger partial charge in [-0.05, 0) is 37.5 Å². The molecule has 2 aromatic rings. The van der Waals surface area contributed by atoms with Gasteiger partial charge in [0.2, 0.25) is 5.91 Å². The van der Waals surface area contributed by atoms with Gasteiger partial charge in [-0.25, -0.2) is 9.38 Å². The lowest BCUT2D eigenvalue weighted by Crippen LogP contribution is -2.46. The number of carbonyl (C=O) groups excluding carboxylic acids is 1. The van der Waals surface area contributed by atoms with E-state index < -0.39 is 0 Å². The van der Waals surface area contributed by atoms with Gasteiger partial charge in [0.15, 0.2) is 5.96 Å². The molecule has 6 heteroatoms. The summed E-state index contributed by atoms with van der Waals surface area (Å²) in [6.45, 7) is 3.67. The summed E-state index contributed by atoms with van der Waals surface area (Å²) in [5, 5.41) is 6.16. The summed E-state index contributed by atoms with van der Waals surface area (Å²) in [5.74, 6) is 0.219. The van der Waals surface area contributed by atoms with Crippen molar-refractivity contribution in [3.63, 3.8) is 0 Å². The highest BCUT2D eigenvalue weighted by Gasteiger charge is 2.21. The third kappa shape index (κ3) is 4.84. The minimum atomic E-state index is -0.280. The van der Waals surface area contributed by atoms with Gasteiger partial charge in [0.25, 0.3) is 0 Å². The van der Waals surface area contributed by atoms with Crippen LogP contribution in [0.15, 0.2) is 53.5 Å². The number of guanidine groups is 1. The Hall–Kier alpha value is -2.89. The van der Waals surface area contributed by atoms with E-state index in [1.807, 2.05) is 30.0 Å². The molecule has 2 N–H and O–H groups in total. The van der Waals surface area contributed by atoms with Gasteiger partial charge in [-0.1, -0.05) is 36.4 Å². The van der Waals surface area contributed by atoms with Crippen molar-refractivity contribution in [2.24, 2.45) is 4.99 Å². The van der Waals surface area contributed by atoms with Crippen LogP contribution in [0.1, 0.15) is 24.5 Å². The first-order valence-electron chi connectivity index (χ1n) is 9.33. The number of nitrogens with one attached hydrogen (secondary N) is 2. The molecule has 0 saturated heterocycles. The van der Waals surface area contributed by atoms with Crippen molar-refractivity contribution in [1.82, 2.24) is 10.6 Å². The summed E-state index contributed by atoms with van der Waals surface area (Å²) in [6.07, 6.45) is 1.96. The fraction of sp³-hybridized carbons (Fsp3) is 0.333. The van der Waals surface area contributed by atoms with Crippen molar-refractivity contribution in [2.75, 3.05) is 24.5 Å². The average molecular weight is 368 g/mol. The van der Waals surface area contributed by atoms with Gasteiger partial charge in [-0.2, -0.15) is 0 Å². The minimum absolute atomic E-state index is 0.00125. The number of para-hydroxylation sites is 1. The van der Waals surface area contributed by atoms with E-state index >= 15 is 0 Å². The van der Waals surface area contributed by atoms with Gasteiger partial charge >= 0.3 is 0 Å². The van der Waals surface area contributed by atoms with Crippen LogP contribution < -0.4 is 15.5 Å². The molecular formula is C21H25FN4O. The van der Waals surface area contributed by atoms with Crippen molar-refractivity contribution in [2.45, 2.75) is 26.3 Å². The topological polar surface area (TPSA) is 56.7 Å². The molecule has 3 rings (SSSR count). The number of aliphatic imine (C=N–C) groups is 1. The molecule has 0 radical (unpaired) electrons. The van der Waals surface area contributed by atoms with E-state index in [9.17, 15) is 9.18 Å². The number of hydrogen-bond acceptors (Lipinski definition) is 2. The maximum absolute atomic E-state index is 13.8. The molecule has 27 heavy (non-hydrogen) atoms. The summed E-state index contributed by atoms with van der Waals surface area (Å²) in [7, 11) is 0. The number of halogens is 1. The average Bonchev–Trinajstić information content (AvgIpc) is 2.70. The maximum Gasteiger partial charge on any atom is 0.246 e. The van der Waals surface area contributed by atoms with Gasteiger partial charge in [-0.15, -0.1) is 0 Å². The van der Waals surface area contributed by atoms with E-state index in [-0.39, 0.29) is 24.8 Å². The lowest BCUT2D eigenvalue weighted by Gasteiger charge is -2.29. The van der Waals surface area contributed by atoms with Crippen LogP contribution in [0.4, 0.5) is 10.1 Å². The Morgan fingerprint density at radius 3 is 2.74 bits per heavy atom. The van der Waals surface area contributed by atoms with E-state index in [2.05, 4.69) is 21.7 Å². The summed E-state index contributed by atoms with van der Waals surface area (Å²) in [4.78, 5) is 18.9. The van der Waals surface area contributed by atoms with Crippen LogP contribution in [0.2, 0.25) is 0 Å². The zero-order valence-electron chi connectivity index (χ0n) is 15.5. The number of aryl methyl sites for hydroxylation is 1. The van der Waals surface area contributed by atoms with Crippen LogP contribution in [-0.4, -0.2) is 31.5 Å². The van der Waals surface area contributed by atoms with E-state index in [0.717, 1.165) is 25.1 Å². The first-order valence-corrected chi connectivity index (χ1v) is 9.33. The van der Waals surface area contributed by atoms with Crippen molar-refractivity contribution < 1.29 is 9.18 Å². The molecule has 1 amide bonds. The van der Waals surface area contributed by atoms with Gasteiger partial charge < -0.3 is 15.5 Å². The highest BCUT2D eigenvalue weighted by atomic mass is 19.1. The Labute approximate surface area is 159 Å². The molecule has 0 aliphatic carbocycles. The van der Waals surface area contributed by atoms with Crippen LogP contribution in [0.25, 0.3) is 0 Å². The Bertz CT molecular complexity index is 821. The van der Waals surface area contributed by atoms with Gasteiger partial charge in [0.1, 0.15) is 5.82 Å². The van der Waals surface area contributed by atoms with Crippen molar-refractivity contribution in [3.05, 3.63) is 65.5 Å². The first-order chi connectivity index (χ1) is 13.2. The summed E-state index contributed by atoms with van der Waals surface area (Å²) in [6, 6.07) is 14.6. The Morgan fingerprint density at radius 2 is 1.93 bits per heavy atom. The normalized spacial score (nSPS) is 13.9. The molecule has 1 aliphatic rings. The van der Waals surface area contributed by atoms with Crippen LogP contribution in [0.5, 0.6) is 0 Å². The molecule has 0 saturated carbocycles. The number of carbonyl (C=O) groups is 1. The van der Waals surface area contributed by atoms with E-state index in [1.165, 1.54) is 11.6 Å². The molecule has 5 nitrogen and oxygen atoms in total. The van der Waals surface area contributed by atoms with Crippen LogP contribution in [0.3, 0.4) is 0 Å². The van der Waals surface area contributed by atoms with Crippen molar-refractivity contribution in [3.8, 4) is 0 Å². The highest BCUT2D eigenvalue weighted by Crippen LogP contribution is 2.26. The molecule has 0 unspecified atom stereocenters. The van der Waals surface area contributed by atoms with E-state index in [4.69, 9.17) is 0 Å². The zero-order valence-corrected chi connectivity index (χ0v) is 15.5. The Balaban J connectivity index is 1.63. The maximum atomic E-state index is 13.8. The molecule has 0 aromatic heterocycles. The number of rotatable bonds is 5. The fourth-order valence-corrected chi connectivity index (χ4v) is 3.18. The third-order valence-electron chi connectivity index (χ3n) is 4.53. The predicted octanol–water partition coefficient (Wildman–Crippen LogP) is 2.86. The highest BCUT2D eigenvalue weighted by molar-refractivity contribution is 5.98. The standard InChI is InChI=1S/C21H25FN4O/c1-2-23-21(24-14-17-9-3-5-11-18(17)22)25-15-20(27)26-13-7-10-16-8-4-6-12-19(16)26/h3-6,8-9,11-12H,2,7,10,13-15H2,1H3,(H2,23,24,25). The molecule has 1 heterocycles. The summed E-state index contributed by atoms with van der Waals surface area (Å²) in [5.41, 5.74) is 2.71. The molecular weight excluding hydrogens is 343 g/mol. The Morgan fingerprint density at radius 1 is 1.15 bits per heavy atom. The lowest BCUT2D eigenvalue weighted by atomic mass is 10.0. The number of nitrogens with zero attached hydrogens (tertiary/aromatic N) is 2. The van der Waals surface area contributed by atoms with Gasteiger partial charge in [0, 0.05) is 24.3 Å². The minimum Gasteiger partial charge on any atom is -0.357 e. The second-order valence-electron chi connectivity index (χ2n) is 6.42. The number of anilines is 1. The number of hydrogen-bond donors (Lipinski definition) is 2. The second kappa shape index (κ2) is 9.16. The van der Waals surface area contributed by atoms with Crippen LogP contribution >= 0.6 is 0 Å². The second-order valence-corrected chi connectivity index (χ2v) is 6.42. The number of fused-ring (bicyclic) bond motifs is 1. The lowest BCUT2D eigenvalue weighted by molar-refractivity contribution is -0.117. The third-order valence-corrected chi connectivity index (χ3v) is 4.53. The molecule has 142 valence electrons. The quantitative estimate of drug-likeness (QED) is 0.630. The van der Waals surface area contributed by atoms with Crippen LogP contribution in [-0.2, 0) is 17.8 Å². The van der Waals surface area contributed by atoms with E-state index in [1.54, 1.807) is 18.2 Å². The van der Waals surface area contributed by atoms with Crippen LogP contribution in [0, 0.1) is 5.82 Å². The molecule has 1 aliphatic heterocycles. The molecule has 2 aromatic carbocycles. The predicted molar refractivity (Wildman–Crippen MR) is 106 cm³/mol.